The number of hydrogen-bond donors (Lipinski definition) is 1. The van der Waals surface area contributed by atoms with Gasteiger partial charge < -0.3 is 10.1 Å². The highest BCUT2D eigenvalue weighted by Crippen LogP contribution is 2.36. The quantitative estimate of drug-likeness (QED) is 0.315. The van der Waals surface area contributed by atoms with Crippen molar-refractivity contribution in [1.29, 1.82) is 0 Å². The third kappa shape index (κ3) is 4.16. The number of rotatable bonds is 6. The normalized spacial score (nSPS) is 13.5. The van der Waals surface area contributed by atoms with Crippen molar-refractivity contribution >= 4 is 46.1 Å². The van der Waals surface area contributed by atoms with Crippen molar-refractivity contribution in [2.24, 2.45) is 0 Å². The van der Waals surface area contributed by atoms with Crippen molar-refractivity contribution in [2.75, 3.05) is 17.3 Å². The minimum atomic E-state index is -0.550. The lowest BCUT2D eigenvalue weighted by atomic mass is 10.0. The topological polar surface area (TPSA) is 102 Å². The number of aryl methyl sites for hydroxylation is 1. The maximum absolute atomic E-state index is 13.4. The lowest BCUT2D eigenvalue weighted by molar-refractivity contribution is -0.384. The SMILES string of the molecule is COc1ccc(NC2=C(c3ccc([N+](=O)[O-])cc3)C(=O)N(c3cccc(C)c3)C2=O)cc1Cl. The molecule has 0 fully saturated rings. The molecule has 0 aliphatic carbocycles. The molecular weight excluding hydrogens is 446 g/mol. The second-order valence-corrected chi connectivity index (χ2v) is 7.72. The van der Waals surface area contributed by atoms with E-state index < -0.39 is 16.7 Å². The zero-order valence-corrected chi connectivity index (χ0v) is 18.4. The van der Waals surface area contributed by atoms with Gasteiger partial charge in [-0.2, -0.15) is 0 Å². The van der Waals surface area contributed by atoms with Crippen LogP contribution in [0.3, 0.4) is 0 Å². The van der Waals surface area contributed by atoms with E-state index in [-0.39, 0.29) is 17.0 Å². The van der Waals surface area contributed by atoms with Crippen LogP contribution in [0.2, 0.25) is 5.02 Å². The van der Waals surface area contributed by atoms with Gasteiger partial charge in [-0.1, -0.05) is 23.7 Å². The molecule has 0 saturated carbocycles. The summed E-state index contributed by atoms with van der Waals surface area (Å²) in [4.78, 5) is 38.4. The summed E-state index contributed by atoms with van der Waals surface area (Å²) in [6.07, 6.45) is 0. The van der Waals surface area contributed by atoms with Gasteiger partial charge in [0.1, 0.15) is 11.4 Å². The molecule has 2 amide bonds. The predicted octanol–water partition coefficient (Wildman–Crippen LogP) is 4.96. The maximum atomic E-state index is 13.4. The molecule has 8 nitrogen and oxygen atoms in total. The van der Waals surface area contributed by atoms with Gasteiger partial charge in [0.2, 0.25) is 0 Å². The summed E-state index contributed by atoms with van der Waals surface area (Å²) in [5, 5.41) is 14.4. The van der Waals surface area contributed by atoms with Gasteiger partial charge in [0.05, 0.1) is 28.3 Å². The highest BCUT2D eigenvalue weighted by molar-refractivity contribution is 6.46. The first-order valence-electron chi connectivity index (χ1n) is 9.85. The Morgan fingerprint density at radius 3 is 2.33 bits per heavy atom. The minimum absolute atomic E-state index is 0.0385. The van der Waals surface area contributed by atoms with Crippen LogP contribution in [0.15, 0.2) is 72.4 Å². The van der Waals surface area contributed by atoms with Crippen molar-refractivity contribution in [3.05, 3.63) is 98.7 Å². The molecule has 1 aliphatic rings. The van der Waals surface area contributed by atoms with Crippen molar-refractivity contribution in [3.8, 4) is 5.75 Å². The Bertz CT molecular complexity index is 1320. The molecule has 0 spiro atoms. The lowest BCUT2D eigenvalue weighted by Crippen LogP contribution is -2.32. The number of hydrogen-bond acceptors (Lipinski definition) is 6. The van der Waals surface area contributed by atoms with Gasteiger partial charge in [0, 0.05) is 17.8 Å². The highest BCUT2D eigenvalue weighted by Gasteiger charge is 2.40. The zero-order chi connectivity index (χ0) is 23.7. The molecule has 0 unspecified atom stereocenters. The number of non-ortho nitro benzene ring substituents is 1. The molecule has 0 aromatic heterocycles. The Morgan fingerprint density at radius 1 is 1.00 bits per heavy atom. The van der Waals surface area contributed by atoms with Crippen molar-refractivity contribution in [3.63, 3.8) is 0 Å². The molecule has 1 N–H and O–H groups in total. The average molecular weight is 464 g/mol. The number of nitrogens with one attached hydrogen (secondary N) is 1. The van der Waals surface area contributed by atoms with Crippen molar-refractivity contribution < 1.29 is 19.2 Å². The Kier molecular flexibility index (Phi) is 5.85. The molecule has 33 heavy (non-hydrogen) atoms. The fourth-order valence-electron chi connectivity index (χ4n) is 3.55. The van der Waals surface area contributed by atoms with Gasteiger partial charge in [0.15, 0.2) is 0 Å². The van der Waals surface area contributed by atoms with E-state index in [9.17, 15) is 19.7 Å². The number of halogens is 1. The molecule has 4 rings (SSSR count). The number of amides is 2. The third-order valence-electron chi connectivity index (χ3n) is 5.13. The molecule has 0 radical (unpaired) electrons. The van der Waals surface area contributed by atoms with E-state index in [2.05, 4.69) is 5.32 Å². The van der Waals surface area contributed by atoms with E-state index in [0.29, 0.717) is 27.7 Å². The summed E-state index contributed by atoms with van der Waals surface area (Å²) in [6.45, 7) is 1.86. The van der Waals surface area contributed by atoms with Crippen molar-refractivity contribution in [1.82, 2.24) is 0 Å². The fourth-order valence-corrected chi connectivity index (χ4v) is 3.81. The smallest absolute Gasteiger partial charge is 0.282 e. The number of ether oxygens (including phenoxy) is 1. The minimum Gasteiger partial charge on any atom is -0.495 e. The van der Waals surface area contributed by atoms with Crippen LogP contribution in [0.4, 0.5) is 17.1 Å². The third-order valence-corrected chi connectivity index (χ3v) is 5.43. The van der Waals surface area contributed by atoms with Crippen LogP contribution in [-0.2, 0) is 9.59 Å². The Balaban J connectivity index is 1.82. The molecule has 3 aromatic rings. The van der Waals surface area contributed by atoms with Gasteiger partial charge in [-0.15, -0.1) is 0 Å². The molecule has 1 heterocycles. The molecule has 0 atom stereocenters. The Morgan fingerprint density at radius 2 is 1.73 bits per heavy atom. The van der Waals surface area contributed by atoms with Crippen molar-refractivity contribution in [2.45, 2.75) is 6.92 Å². The van der Waals surface area contributed by atoms with Gasteiger partial charge in [0.25, 0.3) is 17.5 Å². The van der Waals surface area contributed by atoms with E-state index in [4.69, 9.17) is 16.3 Å². The van der Waals surface area contributed by atoms with Gasteiger partial charge in [-0.3, -0.25) is 19.7 Å². The van der Waals surface area contributed by atoms with Gasteiger partial charge >= 0.3 is 0 Å². The van der Waals surface area contributed by atoms with E-state index in [1.807, 2.05) is 13.0 Å². The van der Waals surface area contributed by atoms with Crippen LogP contribution in [0.5, 0.6) is 5.75 Å². The number of nitro benzene ring substituents is 1. The Labute approximate surface area is 194 Å². The monoisotopic (exact) mass is 463 g/mol. The first-order valence-corrected chi connectivity index (χ1v) is 10.2. The zero-order valence-electron chi connectivity index (χ0n) is 17.7. The number of imide groups is 1. The average Bonchev–Trinajstić information content (AvgIpc) is 3.03. The van der Waals surface area contributed by atoms with Crippen LogP contribution < -0.4 is 15.0 Å². The first kappa shape index (κ1) is 22.0. The number of carbonyl (C=O) groups is 2. The summed E-state index contributed by atoms with van der Waals surface area (Å²) in [5.41, 5.74) is 2.17. The maximum Gasteiger partial charge on any atom is 0.282 e. The standard InChI is InChI=1S/C24H18ClN3O5/c1-14-4-3-5-18(12-14)27-23(29)21(15-6-9-17(10-7-15)28(31)32)22(24(27)30)26-16-8-11-20(33-2)19(25)13-16/h3-13,26H,1-2H3. The molecule has 0 bridgehead atoms. The van der Waals surface area contributed by atoms with Gasteiger partial charge in [-0.05, 0) is 60.5 Å². The summed E-state index contributed by atoms with van der Waals surface area (Å²) < 4.78 is 5.16. The predicted molar refractivity (Wildman–Crippen MR) is 125 cm³/mol. The molecular formula is C24H18ClN3O5. The summed E-state index contributed by atoms with van der Waals surface area (Å²) in [5.74, 6) is -0.630. The molecule has 3 aromatic carbocycles. The molecule has 1 aliphatic heterocycles. The summed E-state index contributed by atoms with van der Waals surface area (Å²) in [7, 11) is 1.49. The van der Waals surface area contributed by atoms with Crippen LogP contribution >= 0.6 is 11.6 Å². The van der Waals surface area contributed by atoms with Crippen LogP contribution in [0.25, 0.3) is 5.57 Å². The second kappa shape index (κ2) is 8.76. The largest absolute Gasteiger partial charge is 0.495 e. The number of methoxy groups -OCH3 is 1. The van der Waals surface area contributed by atoms with Crippen LogP contribution in [-0.4, -0.2) is 23.8 Å². The van der Waals surface area contributed by atoms with E-state index in [1.54, 1.807) is 36.4 Å². The number of anilines is 2. The molecule has 0 saturated heterocycles. The number of nitro groups is 1. The first-order chi connectivity index (χ1) is 15.8. The van der Waals surface area contributed by atoms with E-state index in [0.717, 1.165) is 10.5 Å². The number of benzene rings is 3. The van der Waals surface area contributed by atoms with E-state index >= 15 is 0 Å². The van der Waals surface area contributed by atoms with E-state index in [1.165, 1.54) is 31.4 Å². The number of nitrogens with zero attached hydrogens (tertiary/aromatic N) is 2. The lowest BCUT2D eigenvalue weighted by Gasteiger charge is -2.16. The van der Waals surface area contributed by atoms with Crippen LogP contribution in [0.1, 0.15) is 11.1 Å². The number of carbonyl (C=O) groups excluding carboxylic acids is 2. The molecule has 166 valence electrons. The molecule has 9 heteroatoms. The van der Waals surface area contributed by atoms with Gasteiger partial charge in [-0.25, -0.2) is 4.90 Å². The second-order valence-electron chi connectivity index (χ2n) is 7.31. The highest BCUT2D eigenvalue weighted by atomic mass is 35.5. The Hall–Kier alpha value is -4.17. The fraction of sp³-hybridized carbons (Fsp3) is 0.0833. The van der Waals surface area contributed by atoms with Crippen LogP contribution in [0, 0.1) is 17.0 Å². The summed E-state index contributed by atoms with van der Waals surface area (Å²) >= 11 is 6.22. The summed E-state index contributed by atoms with van der Waals surface area (Å²) in [6, 6.07) is 17.4.